The number of ether oxygens (including phenoxy) is 1. The fraction of sp³-hybridized carbons (Fsp3) is 0.389. The van der Waals surface area contributed by atoms with Gasteiger partial charge in [-0.05, 0) is 55.7 Å². The van der Waals surface area contributed by atoms with E-state index >= 15 is 0 Å². The molecule has 0 atom stereocenters. The molecule has 0 unspecified atom stereocenters. The van der Waals surface area contributed by atoms with Crippen LogP contribution in [0, 0.1) is 0 Å². The van der Waals surface area contributed by atoms with Gasteiger partial charge in [0.05, 0.1) is 12.8 Å². The van der Waals surface area contributed by atoms with Gasteiger partial charge in [0.15, 0.2) is 0 Å². The van der Waals surface area contributed by atoms with Gasteiger partial charge in [0.1, 0.15) is 5.75 Å². The third-order valence-electron chi connectivity index (χ3n) is 4.11. The molecule has 1 fully saturated rings. The van der Waals surface area contributed by atoms with E-state index in [1.165, 1.54) is 12.8 Å². The molecule has 0 radical (unpaired) electrons. The van der Waals surface area contributed by atoms with E-state index in [9.17, 15) is 4.79 Å². The number of benzene rings is 1. The lowest BCUT2D eigenvalue weighted by Gasteiger charge is -2.14. The maximum atomic E-state index is 12.6. The predicted octanol–water partition coefficient (Wildman–Crippen LogP) is 2.80. The molecule has 0 amide bonds. The van der Waals surface area contributed by atoms with Gasteiger partial charge in [-0.1, -0.05) is 6.07 Å². The molecular formula is C18H22N2O2. The van der Waals surface area contributed by atoms with Crippen molar-refractivity contribution in [3.8, 4) is 17.0 Å². The summed E-state index contributed by atoms with van der Waals surface area (Å²) in [5, 5.41) is 3.41. The standard InChI is InChI=1S/C18H22N2O2/c1-3-20-17(13-4-9-16(22-2)10-5-13)11-6-14(18(20)21)12-19-15-7-8-15/h4-6,9-11,15,19H,3,7-8,12H2,1-2H3. The number of pyridine rings is 1. The second kappa shape index (κ2) is 6.36. The molecule has 1 aliphatic carbocycles. The largest absolute Gasteiger partial charge is 0.497 e. The Balaban J connectivity index is 1.92. The van der Waals surface area contributed by atoms with E-state index in [-0.39, 0.29) is 5.56 Å². The lowest BCUT2D eigenvalue weighted by Crippen LogP contribution is -2.28. The summed E-state index contributed by atoms with van der Waals surface area (Å²) in [5.41, 5.74) is 2.92. The minimum absolute atomic E-state index is 0.101. The summed E-state index contributed by atoms with van der Waals surface area (Å²) >= 11 is 0. The van der Waals surface area contributed by atoms with Crippen LogP contribution in [0.3, 0.4) is 0 Å². The van der Waals surface area contributed by atoms with Gasteiger partial charge in [0.2, 0.25) is 0 Å². The van der Waals surface area contributed by atoms with Gasteiger partial charge in [0.25, 0.3) is 5.56 Å². The maximum Gasteiger partial charge on any atom is 0.255 e. The van der Waals surface area contributed by atoms with Crippen LogP contribution in [0.15, 0.2) is 41.2 Å². The van der Waals surface area contributed by atoms with E-state index in [0.717, 1.165) is 22.6 Å². The van der Waals surface area contributed by atoms with Crippen molar-refractivity contribution in [3.63, 3.8) is 0 Å². The average molecular weight is 298 g/mol. The van der Waals surface area contributed by atoms with E-state index < -0.39 is 0 Å². The third-order valence-corrected chi connectivity index (χ3v) is 4.11. The smallest absolute Gasteiger partial charge is 0.255 e. The summed E-state index contributed by atoms with van der Waals surface area (Å²) in [4.78, 5) is 12.6. The lowest BCUT2D eigenvalue weighted by atomic mass is 10.1. The monoisotopic (exact) mass is 298 g/mol. The number of nitrogens with zero attached hydrogens (tertiary/aromatic N) is 1. The summed E-state index contributed by atoms with van der Waals surface area (Å²) in [6.45, 7) is 3.33. The Kier molecular flexibility index (Phi) is 4.29. The Morgan fingerprint density at radius 3 is 2.50 bits per heavy atom. The third kappa shape index (κ3) is 3.07. The van der Waals surface area contributed by atoms with Crippen LogP contribution < -0.4 is 15.6 Å². The number of aromatic nitrogens is 1. The first-order chi connectivity index (χ1) is 10.7. The summed E-state index contributed by atoms with van der Waals surface area (Å²) in [7, 11) is 1.65. The van der Waals surface area contributed by atoms with Crippen LogP contribution >= 0.6 is 0 Å². The summed E-state index contributed by atoms with van der Waals surface area (Å²) < 4.78 is 7.03. The molecule has 1 heterocycles. The van der Waals surface area contributed by atoms with Crippen LogP contribution in [0.5, 0.6) is 5.75 Å². The predicted molar refractivity (Wildman–Crippen MR) is 88.2 cm³/mol. The second-order valence-electron chi connectivity index (χ2n) is 5.68. The zero-order valence-electron chi connectivity index (χ0n) is 13.1. The van der Waals surface area contributed by atoms with Crippen molar-refractivity contribution in [1.82, 2.24) is 9.88 Å². The zero-order valence-corrected chi connectivity index (χ0v) is 13.1. The molecule has 4 nitrogen and oxygen atoms in total. The van der Waals surface area contributed by atoms with Crippen LogP contribution in [-0.4, -0.2) is 17.7 Å². The van der Waals surface area contributed by atoms with Gasteiger partial charge in [-0.15, -0.1) is 0 Å². The van der Waals surface area contributed by atoms with Crippen LogP contribution in [0.1, 0.15) is 25.3 Å². The molecule has 1 aromatic heterocycles. The normalized spacial score (nSPS) is 14.1. The van der Waals surface area contributed by atoms with E-state index in [1.54, 1.807) is 7.11 Å². The minimum Gasteiger partial charge on any atom is -0.497 e. The Bertz CT molecular complexity index is 700. The minimum atomic E-state index is 0.101. The highest BCUT2D eigenvalue weighted by Crippen LogP contribution is 2.22. The molecule has 1 aromatic carbocycles. The quantitative estimate of drug-likeness (QED) is 0.892. The number of hydrogen-bond acceptors (Lipinski definition) is 3. The lowest BCUT2D eigenvalue weighted by molar-refractivity contribution is 0.415. The molecule has 2 aromatic rings. The molecule has 4 heteroatoms. The summed E-state index contributed by atoms with van der Waals surface area (Å²) in [5.74, 6) is 0.819. The highest BCUT2D eigenvalue weighted by molar-refractivity contribution is 5.61. The fourth-order valence-electron chi connectivity index (χ4n) is 2.63. The first-order valence-electron chi connectivity index (χ1n) is 7.83. The molecule has 22 heavy (non-hydrogen) atoms. The van der Waals surface area contributed by atoms with Crippen molar-refractivity contribution in [1.29, 1.82) is 0 Å². The molecule has 1 aliphatic rings. The van der Waals surface area contributed by atoms with Gasteiger partial charge >= 0.3 is 0 Å². The highest BCUT2D eigenvalue weighted by Gasteiger charge is 2.20. The van der Waals surface area contributed by atoms with Crippen LogP contribution in [-0.2, 0) is 13.1 Å². The van der Waals surface area contributed by atoms with Crippen molar-refractivity contribution >= 4 is 0 Å². The molecule has 1 saturated carbocycles. The molecule has 0 spiro atoms. The van der Waals surface area contributed by atoms with Crippen molar-refractivity contribution in [3.05, 3.63) is 52.3 Å². The zero-order chi connectivity index (χ0) is 15.5. The Hall–Kier alpha value is -2.07. The van der Waals surface area contributed by atoms with Crippen LogP contribution in [0.2, 0.25) is 0 Å². The molecule has 0 saturated heterocycles. The SMILES string of the molecule is CCn1c(-c2ccc(OC)cc2)ccc(CNC2CC2)c1=O. The molecule has 1 N–H and O–H groups in total. The Labute approximate surface area is 130 Å². The Morgan fingerprint density at radius 2 is 1.91 bits per heavy atom. The van der Waals surface area contributed by atoms with Crippen molar-refractivity contribution < 1.29 is 4.74 Å². The summed E-state index contributed by atoms with van der Waals surface area (Å²) in [6, 6.07) is 12.4. The van der Waals surface area contributed by atoms with Gasteiger partial charge in [-0.25, -0.2) is 0 Å². The van der Waals surface area contributed by atoms with Crippen molar-refractivity contribution in [2.24, 2.45) is 0 Å². The topological polar surface area (TPSA) is 43.3 Å². The number of nitrogens with one attached hydrogen (secondary N) is 1. The number of rotatable bonds is 6. The van der Waals surface area contributed by atoms with Gasteiger partial charge < -0.3 is 14.6 Å². The Morgan fingerprint density at radius 1 is 1.18 bits per heavy atom. The molecule has 0 aliphatic heterocycles. The molecule has 116 valence electrons. The summed E-state index contributed by atoms with van der Waals surface area (Å²) in [6.07, 6.45) is 2.46. The van der Waals surface area contributed by atoms with Crippen molar-refractivity contribution in [2.75, 3.05) is 7.11 Å². The first kappa shape index (κ1) is 14.9. The van der Waals surface area contributed by atoms with Gasteiger partial charge in [-0.2, -0.15) is 0 Å². The van der Waals surface area contributed by atoms with E-state index in [1.807, 2.05) is 47.9 Å². The number of methoxy groups -OCH3 is 1. The fourth-order valence-corrected chi connectivity index (χ4v) is 2.63. The van der Waals surface area contributed by atoms with E-state index in [4.69, 9.17) is 4.74 Å². The van der Waals surface area contributed by atoms with Crippen LogP contribution in [0.25, 0.3) is 11.3 Å². The second-order valence-corrected chi connectivity index (χ2v) is 5.68. The molecular weight excluding hydrogens is 276 g/mol. The van der Waals surface area contributed by atoms with Gasteiger partial charge in [-0.3, -0.25) is 4.79 Å². The van der Waals surface area contributed by atoms with Crippen LogP contribution in [0.4, 0.5) is 0 Å². The number of hydrogen-bond donors (Lipinski definition) is 1. The molecule has 3 rings (SSSR count). The first-order valence-corrected chi connectivity index (χ1v) is 7.83. The van der Waals surface area contributed by atoms with Crippen molar-refractivity contribution in [2.45, 2.75) is 38.9 Å². The van der Waals surface area contributed by atoms with E-state index in [0.29, 0.717) is 19.1 Å². The van der Waals surface area contributed by atoms with E-state index in [2.05, 4.69) is 5.32 Å². The highest BCUT2D eigenvalue weighted by atomic mass is 16.5. The van der Waals surface area contributed by atoms with Gasteiger partial charge in [0, 0.05) is 24.7 Å². The molecule has 0 bridgehead atoms. The average Bonchev–Trinajstić information content (AvgIpc) is 3.38. The maximum absolute atomic E-state index is 12.6.